The molecule has 0 saturated carbocycles. The molecule has 0 aliphatic rings. The molecule has 0 aliphatic heterocycles. The summed E-state index contributed by atoms with van der Waals surface area (Å²) in [7, 11) is 0. The van der Waals surface area contributed by atoms with Crippen LogP contribution < -0.4 is 27.4 Å². The van der Waals surface area contributed by atoms with Gasteiger partial charge in [-0.15, -0.1) is 0 Å². The van der Waals surface area contributed by atoms with Gasteiger partial charge in [0.15, 0.2) is 0 Å². The van der Waals surface area contributed by atoms with E-state index in [1.54, 1.807) is 6.20 Å². The predicted molar refractivity (Wildman–Crippen MR) is 150 cm³/mol. The lowest BCUT2D eigenvalue weighted by molar-refractivity contribution is -0.143. The molecule has 1 aromatic heterocycles. The summed E-state index contributed by atoms with van der Waals surface area (Å²) < 4.78 is 0. The molecule has 0 radical (unpaired) electrons. The quantitative estimate of drug-likeness (QED) is 0.150. The molecule has 12 nitrogen and oxygen atoms in total. The van der Waals surface area contributed by atoms with Crippen molar-refractivity contribution in [2.45, 2.75) is 63.7 Å². The predicted octanol–water partition coefficient (Wildman–Crippen LogP) is 0.251. The van der Waals surface area contributed by atoms with E-state index in [9.17, 15) is 29.1 Å². The number of hydrogen-bond donors (Lipinski definition) is 7. The third kappa shape index (κ3) is 9.91. The van der Waals surface area contributed by atoms with Crippen molar-refractivity contribution >= 4 is 52.3 Å². The molecule has 0 spiro atoms. The van der Waals surface area contributed by atoms with Gasteiger partial charge in [-0.2, -0.15) is 11.8 Å². The number of aromatic amines is 1. The number of H-pyrrole nitrogens is 1. The SMILES string of the molecule is CSCCC(NC(=O)C(Cc1c[nH]c2ccccc12)NC(=O)C(N)CC(C)C)C(=O)NC(CC(N)=O)C(=O)O. The monoisotopic (exact) mass is 562 g/mol. The molecule has 2 rings (SSSR count). The number of hydrogen-bond acceptors (Lipinski definition) is 7. The minimum Gasteiger partial charge on any atom is -0.480 e. The van der Waals surface area contributed by atoms with Gasteiger partial charge >= 0.3 is 5.97 Å². The summed E-state index contributed by atoms with van der Waals surface area (Å²) in [5.74, 6) is -3.60. The van der Waals surface area contributed by atoms with Crippen molar-refractivity contribution in [3.63, 3.8) is 0 Å². The molecule has 1 aromatic carbocycles. The molecule has 214 valence electrons. The molecule has 4 unspecified atom stereocenters. The molecule has 0 bridgehead atoms. The molecule has 0 saturated heterocycles. The largest absolute Gasteiger partial charge is 0.480 e. The standard InChI is InChI=1S/C26H38N6O6S/c1-14(2)10-17(27)23(34)31-20(11-15-13-29-18-7-5-4-6-16(15)18)25(36)30-19(8-9-39-3)24(35)32-21(26(37)38)12-22(28)33/h4-7,13-14,17,19-21,29H,8-12,27H2,1-3H3,(H2,28,33)(H,30,36)(H,31,34)(H,32,35)(H,37,38). The molecule has 0 aliphatic carbocycles. The number of carbonyl (C=O) groups excluding carboxylic acids is 4. The Bertz CT molecular complexity index is 1170. The van der Waals surface area contributed by atoms with Crippen molar-refractivity contribution in [1.82, 2.24) is 20.9 Å². The first-order valence-corrected chi connectivity index (χ1v) is 14.0. The van der Waals surface area contributed by atoms with Gasteiger partial charge in [0.05, 0.1) is 12.5 Å². The van der Waals surface area contributed by atoms with Gasteiger partial charge in [0, 0.05) is 23.5 Å². The van der Waals surface area contributed by atoms with E-state index in [2.05, 4.69) is 20.9 Å². The van der Waals surface area contributed by atoms with Gasteiger partial charge in [-0.1, -0.05) is 32.0 Å². The number of fused-ring (bicyclic) bond motifs is 1. The van der Waals surface area contributed by atoms with Crippen LogP contribution in [0.15, 0.2) is 30.5 Å². The number of benzene rings is 1. The number of thioether (sulfide) groups is 1. The number of carboxylic acid groups (broad SMARTS) is 1. The number of aliphatic carboxylic acids is 1. The molecule has 4 amide bonds. The Morgan fingerprint density at radius 2 is 1.59 bits per heavy atom. The second-order valence-electron chi connectivity index (χ2n) is 9.77. The number of nitrogens with one attached hydrogen (secondary N) is 4. The van der Waals surface area contributed by atoms with Gasteiger partial charge < -0.3 is 37.5 Å². The summed E-state index contributed by atoms with van der Waals surface area (Å²) in [6, 6.07) is 2.95. The van der Waals surface area contributed by atoms with Gasteiger partial charge in [-0.3, -0.25) is 19.2 Å². The van der Waals surface area contributed by atoms with Crippen LogP contribution in [0.25, 0.3) is 10.9 Å². The highest BCUT2D eigenvalue weighted by Gasteiger charge is 2.31. The third-order valence-corrected chi connectivity index (χ3v) is 6.70. The maximum Gasteiger partial charge on any atom is 0.326 e. The molecule has 39 heavy (non-hydrogen) atoms. The van der Waals surface area contributed by atoms with Crippen molar-refractivity contribution in [2.24, 2.45) is 17.4 Å². The molecule has 4 atom stereocenters. The zero-order valence-corrected chi connectivity index (χ0v) is 23.2. The Kier molecular flexibility index (Phi) is 12.3. The Hall–Kier alpha value is -3.58. The van der Waals surface area contributed by atoms with Crippen molar-refractivity contribution in [1.29, 1.82) is 0 Å². The minimum atomic E-state index is -1.54. The summed E-state index contributed by atoms with van der Waals surface area (Å²) >= 11 is 1.43. The molecular weight excluding hydrogens is 524 g/mol. The van der Waals surface area contributed by atoms with Crippen LogP contribution in [-0.2, 0) is 30.4 Å². The molecular formula is C26H38N6O6S. The minimum absolute atomic E-state index is 0.117. The average Bonchev–Trinajstić information content (AvgIpc) is 3.27. The van der Waals surface area contributed by atoms with E-state index >= 15 is 0 Å². The van der Waals surface area contributed by atoms with Gasteiger partial charge in [-0.25, -0.2) is 4.79 Å². The van der Waals surface area contributed by atoms with Crippen molar-refractivity contribution in [3.8, 4) is 0 Å². The maximum absolute atomic E-state index is 13.5. The lowest BCUT2D eigenvalue weighted by Gasteiger charge is -2.25. The van der Waals surface area contributed by atoms with Crippen molar-refractivity contribution < 1.29 is 29.1 Å². The van der Waals surface area contributed by atoms with Crippen LogP contribution in [0.3, 0.4) is 0 Å². The molecule has 0 fully saturated rings. The fraction of sp³-hybridized carbons (Fsp3) is 0.500. The van der Waals surface area contributed by atoms with Crippen LogP contribution in [0, 0.1) is 5.92 Å². The number of aromatic nitrogens is 1. The van der Waals surface area contributed by atoms with Crippen LogP contribution in [0.5, 0.6) is 0 Å². The first-order valence-electron chi connectivity index (χ1n) is 12.6. The molecule has 13 heteroatoms. The summed E-state index contributed by atoms with van der Waals surface area (Å²) in [6.45, 7) is 3.86. The number of primary amides is 1. The molecule has 1 heterocycles. The third-order valence-electron chi connectivity index (χ3n) is 6.06. The number of amides is 4. The summed E-state index contributed by atoms with van der Waals surface area (Å²) in [5.41, 5.74) is 12.8. The van der Waals surface area contributed by atoms with Gasteiger partial charge in [0.25, 0.3) is 0 Å². The number of nitrogens with two attached hydrogens (primary N) is 2. The van der Waals surface area contributed by atoms with Crippen LogP contribution in [0.1, 0.15) is 38.7 Å². The highest BCUT2D eigenvalue weighted by atomic mass is 32.2. The molecule has 9 N–H and O–H groups in total. The zero-order chi connectivity index (χ0) is 29.1. The van der Waals surface area contributed by atoms with Crippen LogP contribution in [-0.4, -0.2) is 75.9 Å². The first kappa shape index (κ1) is 31.6. The number of para-hydroxylation sites is 1. The second-order valence-corrected chi connectivity index (χ2v) is 10.8. The molecule has 2 aromatic rings. The second kappa shape index (κ2) is 15.1. The van der Waals surface area contributed by atoms with E-state index in [0.29, 0.717) is 12.2 Å². The normalized spacial score (nSPS) is 14.3. The summed E-state index contributed by atoms with van der Waals surface area (Å²) in [5, 5.41) is 17.9. The maximum atomic E-state index is 13.5. The Morgan fingerprint density at radius 1 is 0.974 bits per heavy atom. The van der Waals surface area contributed by atoms with Gasteiger partial charge in [0.2, 0.25) is 23.6 Å². The Balaban J connectivity index is 2.29. The lowest BCUT2D eigenvalue weighted by atomic mass is 10.0. The number of rotatable bonds is 16. The topological polar surface area (TPSA) is 210 Å². The van der Waals surface area contributed by atoms with Gasteiger partial charge in [0.1, 0.15) is 18.1 Å². The van der Waals surface area contributed by atoms with E-state index in [4.69, 9.17) is 11.5 Å². The summed E-state index contributed by atoms with van der Waals surface area (Å²) in [6.07, 6.45) is 3.69. The number of carbonyl (C=O) groups is 5. The van der Waals surface area contributed by atoms with E-state index in [1.807, 2.05) is 44.4 Å². The lowest BCUT2D eigenvalue weighted by Crippen LogP contribution is -2.58. The highest BCUT2D eigenvalue weighted by molar-refractivity contribution is 7.98. The van der Waals surface area contributed by atoms with Crippen molar-refractivity contribution in [2.75, 3.05) is 12.0 Å². The summed E-state index contributed by atoms with van der Waals surface area (Å²) in [4.78, 5) is 65.3. The van der Waals surface area contributed by atoms with E-state index < -0.39 is 60.2 Å². The fourth-order valence-electron chi connectivity index (χ4n) is 4.07. The van der Waals surface area contributed by atoms with E-state index in [1.165, 1.54) is 11.8 Å². The van der Waals surface area contributed by atoms with Crippen LogP contribution in [0.4, 0.5) is 0 Å². The van der Waals surface area contributed by atoms with E-state index in [0.717, 1.165) is 16.5 Å². The number of carboxylic acids is 1. The average molecular weight is 563 g/mol. The Labute approximate surface area is 231 Å². The fourth-order valence-corrected chi connectivity index (χ4v) is 4.55. The highest BCUT2D eigenvalue weighted by Crippen LogP contribution is 2.19. The van der Waals surface area contributed by atoms with Crippen molar-refractivity contribution in [3.05, 3.63) is 36.0 Å². The first-order chi connectivity index (χ1) is 18.4. The smallest absolute Gasteiger partial charge is 0.326 e. The van der Waals surface area contributed by atoms with E-state index in [-0.39, 0.29) is 18.8 Å². The van der Waals surface area contributed by atoms with Crippen LogP contribution >= 0.6 is 11.8 Å². The van der Waals surface area contributed by atoms with Gasteiger partial charge in [-0.05, 0) is 42.4 Å². The van der Waals surface area contributed by atoms with Crippen LogP contribution in [0.2, 0.25) is 0 Å². The Morgan fingerprint density at radius 3 is 2.21 bits per heavy atom. The zero-order valence-electron chi connectivity index (χ0n) is 22.4.